The van der Waals surface area contributed by atoms with E-state index in [1.54, 1.807) is 13.0 Å². The number of aromatic carboxylic acids is 1. The fraction of sp³-hybridized carbons (Fsp3) is 0.261. The number of rotatable bonds is 4. The highest BCUT2D eigenvalue weighted by Gasteiger charge is 2.35. The first kappa shape index (κ1) is 20.7. The Hall–Kier alpha value is -3.02. The number of hydrogen-bond donors (Lipinski definition) is 1. The third kappa shape index (κ3) is 3.79. The van der Waals surface area contributed by atoms with E-state index in [1.165, 1.54) is 23.6 Å². The van der Waals surface area contributed by atoms with Gasteiger partial charge in [-0.05, 0) is 54.7 Å². The highest BCUT2D eigenvalue weighted by molar-refractivity contribution is 5.89. The number of aryl methyl sites for hydroxylation is 1. The number of carboxylic acid groups (broad SMARTS) is 1. The summed E-state index contributed by atoms with van der Waals surface area (Å²) in [6.07, 6.45) is -4.59. The van der Waals surface area contributed by atoms with Gasteiger partial charge in [-0.15, -0.1) is 0 Å². The Morgan fingerprint density at radius 1 is 1.03 bits per heavy atom. The first-order valence-corrected chi connectivity index (χ1v) is 9.25. The maximum atomic E-state index is 14.0. The number of nitrogens with zero attached hydrogens (tertiary/aromatic N) is 1. The van der Waals surface area contributed by atoms with Crippen molar-refractivity contribution in [2.24, 2.45) is 0 Å². The first-order chi connectivity index (χ1) is 13.5. The summed E-state index contributed by atoms with van der Waals surface area (Å²) < 4.78 is 43.3. The SMILES string of the molecule is Cc1cc(C(=O)O)c(C)n1-c1ccc(-c2ccccc2C(C)C)cc1C(F)(F)F. The van der Waals surface area contributed by atoms with Gasteiger partial charge in [0.15, 0.2) is 0 Å². The Balaban J connectivity index is 2.27. The highest BCUT2D eigenvalue weighted by Crippen LogP contribution is 2.39. The quantitative estimate of drug-likeness (QED) is 0.535. The number of aromatic nitrogens is 1. The van der Waals surface area contributed by atoms with E-state index >= 15 is 0 Å². The van der Waals surface area contributed by atoms with Gasteiger partial charge < -0.3 is 9.67 Å². The van der Waals surface area contributed by atoms with Gasteiger partial charge in [0, 0.05) is 11.4 Å². The average molecular weight is 401 g/mol. The molecule has 1 aromatic heterocycles. The number of carboxylic acids is 1. The molecular formula is C23H22F3NO2. The van der Waals surface area contributed by atoms with Crippen LogP contribution in [0, 0.1) is 13.8 Å². The molecule has 1 N–H and O–H groups in total. The van der Waals surface area contributed by atoms with Crippen molar-refractivity contribution in [2.45, 2.75) is 39.8 Å². The number of carbonyl (C=O) groups is 1. The van der Waals surface area contributed by atoms with Gasteiger partial charge in [0.2, 0.25) is 0 Å². The predicted molar refractivity (Wildman–Crippen MR) is 107 cm³/mol. The number of halogens is 3. The van der Waals surface area contributed by atoms with Gasteiger partial charge >= 0.3 is 12.1 Å². The maximum absolute atomic E-state index is 14.0. The van der Waals surface area contributed by atoms with Crippen LogP contribution in [-0.4, -0.2) is 15.6 Å². The van der Waals surface area contributed by atoms with Crippen molar-refractivity contribution in [3.05, 3.63) is 76.6 Å². The molecule has 0 amide bonds. The van der Waals surface area contributed by atoms with Crippen LogP contribution < -0.4 is 0 Å². The molecule has 0 unspecified atom stereocenters. The number of hydrogen-bond acceptors (Lipinski definition) is 1. The van der Waals surface area contributed by atoms with E-state index in [2.05, 4.69) is 0 Å². The zero-order valence-corrected chi connectivity index (χ0v) is 16.6. The maximum Gasteiger partial charge on any atom is 0.418 e. The molecule has 3 rings (SSSR count). The lowest BCUT2D eigenvalue weighted by Gasteiger charge is -2.20. The molecule has 0 spiro atoms. The Bertz CT molecular complexity index is 1080. The van der Waals surface area contributed by atoms with Crippen LogP contribution >= 0.6 is 0 Å². The van der Waals surface area contributed by atoms with Gasteiger partial charge in [-0.3, -0.25) is 0 Å². The highest BCUT2D eigenvalue weighted by atomic mass is 19.4. The summed E-state index contributed by atoms with van der Waals surface area (Å²) in [7, 11) is 0. The standard InChI is InChI=1S/C23H22F3NO2/c1-13(2)17-7-5-6-8-18(17)16-9-10-21(20(12-16)23(24,25)26)27-14(3)11-19(15(27)4)22(28)29/h5-13H,1-4H3,(H,28,29). The van der Waals surface area contributed by atoms with E-state index < -0.39 is 17.7 Å². The molecule has 0 aliphatic carbocycles. The van der Waals surface area contributed by atoms with Gasteiger partial charge in [0.05, 0.1) is 16.8 Å². The van der Waals surface area contributed by atoms with Crippen LogP contribution in [-0.2, 0) is 6.18 Å². The van der Waals surface area contributed by atoms with Gasteiger partial charge in [-0.1, -0.05) is 44.2 Å². The summed E-state index contributed by atoms with van der Waals surface area (Å²) in [5.41, 5.74) is 2.01. The van der Waals surface area contributed by atoms with Crippen LogP contribution in [0.5, 0.6) is 0 Å². The van der Waals surface area contributed by atoms with Crippen molar-refractivity contribution in [3.63, 3.8) is 0 Å². The molecule has 0 bridgehead atoms. The molecular weight excluding hydrogens is 379 g/mol. The third-order valence-corrected chi connectivity index (χ3v) is 5.10. The number of benzene rings is 2. The molecule has 0 saturated carbocycles. The zero-order chi connectivity index (χ0) is 21.5. The minimum Gasteiger partial charge on any atom is -0.478 e. The summed E-state index contributed by atoms with van der Waals surface area (Å²) in [6, 6.07) is 13.0. The van der Waals surface area contributed by atoms with Crippen molar-refractivity contribution in [1.29, 1.82) is 0 Å². The van der Waals surface area contributed by atoms with Crippen LogP contribution in [0.1, 0.15) is 52.6 Å². The van der Waals surface area contributed by atoms with Gasteiger partial charge in [-0.2, -0.15) is 13.2 Å². The van der Waals surface area contributed by atoms with Crippen molar-refractivity contribution in [2.75, 3.05) is 0 Å². The van der Waals surface area contributed by atoms with Crippen LogP contribution in [0.3, 0.4) is 0 Å². The normalized spacial score (nSPS) is 11.9. The topological polar surface area (TPSA) is 42.2 Å². The minimum absolute atomic E-state index is 0.00939. The van der Waals surface area contributed by atoms with Crippen LogP contribution in [0.25, 0.3) is 16.8 Å². The van der Waals surface area contributed by atoms with Gasteiger partial charge in [0.1, 0.15) is 0 Å². The Labute approximate surface area is 167 Å². The minimum atomic E-state index is -4.59. The molecule has 3 aromatic rings. The third-order valence-electron chi connectivity index (χ3n) is 5.10. The van der Waals surface area contributed by atoms with Crippen LogP contribution in [0.4, 0.5) is 13.2 Å². The molecule has 0 radical (unpaired) electrons. The molecule has 0 atom stereocenters. The van der Waals surface area contributed by atoms with Gasteiger partial charge in [-0.25, -0.2) is 4.79 Å². The second-order valence-electron chi connectivity index (χ2n) is 7.40. The summed E-state index contributed by atoms with van der Waals surface area (Å²) >= 11 is 0. The second kappa shape index (κ2) is 7.43. The lowest BCUT2D eigenvalue weighted by atomic mass is 9.91. The van der Waals surface area contributed by atoms with E-state index in [-0.39, 0.29) is 22.9 Å². The molecule has 1 heterocycles. The summed E-state index contributed by atoms with van der Waals surface area (Å²) in [5.74, 6) is -1.01. The molecule has 2 aromatic carbocycles. The molecule has 0 aliphatic rings. The van der Waals surface area contributed by atoms with Crippen molar-refractivity contribution in [3.8, 4) is 16.8 Å². The summed E-state index contributed by atoms with van der Waals surface area (Å²) in [5, 5.41) is 9.32. The molecule has 29 heavy (non-hydrogen) atoms. The monoisotopic (exact) mass is 401 g/mol. The first-order valence-electron chi connectivity index (χ1n) is 9.25. The molecule has 152 valence electrons. The average Bonchev–Trinajstić information content (AvgIpc) is 2.95. The Morgan fingerprint density at radius 2 is 1.69 bits per heavy atom. The summed E-state index contributed by atoms with van der Waals surface area (Å²) in [4.78, 5) is 11.4. The zero-order valence-electron chi connectivity index (χ0n) is 16.6. The van der Waals surface area contributed by atoms with Gasteiger partial charge in [0.25, 0.3) is 0 Å². The molecule has 0 saturated heterocycles. The van der Waals surface area contributed by atoms with Crippen LogP contribution in [0.15, 0.2) is 48.5 Å². The van der Waals surface area contributed by atoms with Crippen molar-refractivity contribution in [1.82, 2.24) is 4.57 Å². The Morgan fingerprint density at radius 3 is 2.24 bits per heavy atom. The van der Waals surface area contributed by atoms with Crippen molar-refractivity contribution >= 4 is 5.97 Å². The summed E-state index contributed by atoms with van der Waals surface area (Å²) in [6.45, 7) is 7.11. The fourth-order valence-corrected chi connectivity index (χ4v) is 3.74. The van der Waals surface area contributed by atoms with E-state index in [0.717, 1.165) is 17.2 Å². The van der Waals surface area contributed by atoms with Crippen molar-refractivity contribution < 1.29 is 23.1 Å². The van der Waals surface area contributed by atoms with E-state index in [0.29, 0.717) is 11.3 Å². The van der Waals surface area contributed by atoms with E-state index in [4.69, 9.17) is 0 Å². The fourth-order valence-electron chi connectivity index (χ4n) is 3.74. The molecule has 0 aliphatic heterocycles. The molecule has 3 nitrogen and oxygen atoms in total. The predicted octanol–water partition coefficient (Wildman–Crippen LogP) is 6.60. The molecule has 0 fully saturated rings. The lowest BCUT2D eigenvalue weighted by Crippen LogP contribution is -2.13. The lowest BCUT2D eigenvalue weighted by molar-refractivity contribution is -0.137. The molecule has 6 heteroatoms. The second-order valence-corrected chi connectivity index (χ2v) is 7.40. The largest absolute Gasteiger partial charge is 0.478 e. The van der Waals surface area contributed by atoms with Crippen LogP contribution in [0.2, 0.25) is 0 Å². The smallest absolute Gasteiger partial charge is 0.418 e. The number of alkyl halides is 3. The Kier molecular flexibility index (Phi) is 5.30. The van der Waals surface area contributed by atoms with E-state index in [9.17, 15) is 23.1 Å². The van der Waals surface area contributed by atoms with E-state index in [1.807, 2.05) is 38.1 Å².